The van der Waals surface area contributed by atoms with E-state index in [9.17, 15) is 4.55 Å². The molecular weight excluding hydrogens is 453 g/mol. The summed E-state index contributed by atoms with van der Waals surface area (Å²) >= 11 is 9.66. The van der Waals surface area contributed by atoms with Gasteiger partial charge >= 0.3 is 5.16 Å². The summed E-state index contributed by atoms with van der Waals surface area (Å²) in [7, 11) is 1.80. The maximum Gasteiger partial charge on any atom is 0.343 e. The number of nitrogens with zero attached hydrogens (tertiary/aromatic N) is 5. The normalized spacial score (nSPS) is 11.8. The Kier molecular flexibility index (Phi) is 7.68. The van der Waals surface area contributed by atoms with E-state index < -0.39 is 11.2 Å². The molecule has 0 fully saturated rings. The number of aromatic nitrogens is 5. The number of rotatable bonds is 5. The molecule has 3 heterocycles. The number of alkyl halides is 2. The van der Waals surface area contributed by atoms with Crippen LogP contribution in [0, 0.1) is 6.92 Å². The van der Waals surface area contributed by atoms with Gasteiger partial charge in [0.15, 0.2) is 11.6 Å². The van der Waals surface area contributed by atoms with Crippen LogP contribution in [0.25, 0.3) is 22.2 Å². The lowest BCUT2D eigenvalue weighted by atomic mass is 10.1. The van der Waals surface area contributed by atoms with Crippen LogP contribution in [-0.4, -0.2) is 34.8 Å². The molecule has 7 nitrogen and oxygen atoms in total. The van der Waals surface area contributed by atoms with Crippen molar-refractivity contribution in [1.29, 1.82) is 0 Å². The summed E-state index contributed by atoms with van der Waals surface area (Å²) in [5.41, 5.74) is 1.94. The molecule has 0 radical (unpaired) electrons. The average molecular weight is 470 g/mol. The van der Waals surface area contributed by atoms with Crippen LogP contribution in [0.4, 0.5) is 0 Å². The highest BCUT2D eigenvalue weighted by Crippen LogP contribution is 2.25. The van der Waals surface area contributed by atoms with Gasteiger partial charge in [-0.25, -0.2) is 0 Å². The summed E-state index contributed by atoms with van der Waals surface area (Å²) in [6.45, 7) is 2.00. The van der Waals surface area contributed by atoms with Gasteiger partial charge in [-0.3, -0.25) is 4.57 Å². The van der Waals surface area contributed by atoms with Crippen LogP contribution >= 0.6 is 34.5 Å². The second kappa shape index (κ2) is 10.2. The lowest BCUT2D eigenvalue weighted by molar-refractivity contribution is 0.424. The van der Waals surface area contributed by atoms with Crippen molar-refractivity contribution in [3.8, 4) is 22.2 Å². The molecule has 0 aliphatic carbocycles. The Labute approximate surface area is 184 Å². The van der Waals surface area contributed by atoms with Crippen LogP contribution in [0.2, 0.25) is 0 Å². The fraction of sp³-hybridized carbons (Fsp3) is 0.222. The minimum atomic E-state index is -1.43. The smallest absolute Gasteiger partial charge is 0.343 e. The molecule has 1 aromatic carbocycles. The van der Waals surface area contributed by atoms with Gasteiger partial charge in [-0.1, -0.05) is 34.0 Å². The molecule has 0 aliphatic rings. The zero-order chi connectivity index (χ0) is 20.8. The number of thiophene rings is 1. The quantitative estimate of drug-likeness (QED) is 0.312. The molecule has 11 heteroatoms. The highest BCUT2D eigenvalue weighted by molar-refractivity contribution is 7.90. The Morgan fingerprint density at radius 2 is 2.00 bits per heavy atom. The summed E-state index contributed by atoms with van der Waals surface area (Å²) < 4.78 is 19.7. The van der Waals surface area contributed by atoms with E-state index in [-0.39, 0.29) is 11.1 Å². The van der Waals surface area contributed by atoms with E-state index in [1.165, 1.54) is 0 Å². The minimum absolute atomic E-state index is 0.117. The standard InChI is InChI=1S/C17H15N5O2S2.CH2Cl2/c1-11-5-3-6-12(9-11)16-18-14(21-24-16)10-26(23)17-20-19-15(22(17)2)13-7-4-8-25-13;2-1-3/h3-9H,10H2,1-2H3;1H2. The Hall–Kier alpha value is -1.91. The van der Waals surface area contributed by atoms with E-state index in [1.54, 1.807) is 23.0 Å². The highest BCUT2D eigenvalue weighted by Gasteiger charge is 2.25. The number of aryl methyl sites for hydroxylation is 1. The molecule has 1 atom stereocenters. The van der Waals surface area contributed by atoms with E-state index in [0.29, 0.717) is 22.7 Å². The van der Waals surface area contributed by atoms with Gasteiger partial charge in [-0.2, -0.15) is 4.98 Å². The van der Waals surface area contributed by atoms with Crippen molar-refractivity contribution in [3.63, 3.8) is 0 Å². The van der Waals surface area contributed by atoms with Gasteiger partial charge in [0.25, 0.3) is 5.89 Å². The molecule has 152 valence electrons. The van der Waals surface area contributed by atoms with Gasteiger partial charge in [0.05, 0.1) is 10.2 Å². The summed E-state index contributed by atoms with van der Waals surface area (Å²) in [5.74, 6) is 1.60. The molecule has 1 unspecified atom stereocenters. The summed E-state index contributed by atoms with van der Waals surface area (Å²) in [5, 5.41) is 14.7. The number of hydrogen-bond acceptors (Lipinski definition) is 7. The molecule has 3 aromatic heterocycles. The van der Waals surface area contributed by atoms with Gasteiger partial charge in [-0.15, -0.1) is 39.6 Å². The molecule has 0 amide bonds. The second-order valence-electron chi connectivity index (χ2n) is 5.82. The zero-order valence-corrected chi connectivity index (χ0v) is 18.7. The molecule has 4 aromatic rings. The van der Waals surface area contributed by atoms with Crippen molar-refractivity contribution < 1.29 is 9.08 Å². The predicted molar refractivity (Wildman–Crippen MR) is 115 cm³/mol. The molecule has 0 aliphatic heterocycles. The Morgan fingerprint density at radius 3 is 2.69 bits per heavy atom. The predicted octanol–water partition coefficient (Wildman–Crippen LogP) is 4.63. The molecule has 0 spiro atoms. The van der Waals surface area contributed by atoms with E-state index in [1.807, 2.05) is 48.7 Å². The third-order valence-electron chi connectivity index (χ3n) is 3.77. The van der Waals surface area contributed by atoms with Crippen LogP contribution < -0.4 is 0 Å². The maximum atomic E-state index is 12.7. The van der Waals surface area contributed by atoms with Crippen LogP contribution in [0.5, 0.6) is 0 Å². The zero-order valence-electron chi connectivity index (χ0n) is 15.6. The highest BCUT2D eigenvalue weighted by atomic mass is 35.5. The monoisotopic (exact) mass is 469 g/mol. The summed E-state index contributed by atoms with van der Waals surface area (Å²) in [6.07, 6.45) is 0. The van der Waals surface area contributed by atoms with Gasteiger partial charge in [-0.05, 0) is 30.5 Å². The Bertz CT molecular complexity index is 1050. The molecule has 0 saturated heterocycles. The largest absolute Gasteiger partial charge is 0.609 e. The van der Waals surface area contributed by atoms with Crippen LogP contribution in [0.1, 0.15) is 11.4 Å². The van der Waals surface area contributed by atoms with Crippen molar-refractivity contribution in [1.82, 2.24) is 24.9 Å². The van der Waals surface area contributed by atoms with Crippen molar-refractivity contribution in [2.75, 3.05) is 5.34 Å². The molecular formula is C18H17Cl2N5O2S2. The van der Waals surface area contributed by atoms with Crippen molar-refractivity contribution in [2.45, 2.75) is 17.8 Å². The fourth-order valence-electron chi connectivity index (χ4n) is 2.52. The van der Waals surface area contributed by atoms with E-state index in [2.05, 4.69) is 20.3 Å². The molecule has 0 N–H and O–H groups in total. The Morgan fingerprint density at radius 1 is 1.21 bits per heavy atom. The number of benzene rings is 1. The molecule has 4 rings (SSSR count). The molecule has 0 saturated carbocycles. The number of hydrogen-bond donors (Lipinski definition) is 0. The fourth-order valence-corrected chi connectivity index (χ4v) is 4.27. The minimum Gasteiger partial charge on any atom is -0.609 e. The van der Waals surface area contributed by atoms with Crippen molar-refractivity contribution in [3.05, 3.63) is 53.2 Å². The van der Waals surface area contributed by atoms with E-state index >= 15 is 0 Å². The molecule has 0 bridgehead atoms. The lowest BCUT2D eigenvalue weighted by Crippen LogP contribution is -2.12. The van der Waals surface area contributed by atoms with Gasteiger partial charge in [0.1, 0.15) is 0 Å². The summed E-state index contributed by atoms with van der Waals surface area (Å²) in [6, 6.07) is 11.7. The topological polar surface area (TPSA) is 92.7 Å². The lowest BCUT2D eigenvalue weighted by Gasteiger charge is -2.06. The van der Waals surface area contributed by atoms with E-state index in [0.717, 1.165) is 16.0 Å². The second-order valence-corrected chi connectivity index (χ2v) is 8.92. The first-order valence-electron chi connectivity index (χ1n) is 8.36. The van der Waals surface area contributed by atoms with Crippen LogP contribution in [0.3, 0.4) is 0 Å². The summed E-state index contributed by atoms with van der Waals surface area (Å²) in [4.78, 5) is 5.32. The van der Waals surface area contributed by atoms with Crippen molar-refractivity contribution in [2.24, 2.45) is 7.05 Å². The number of halogens is 2. The first-order valence-corrected chi connectivity index (χ1v) is 11.6. The van der Waals surface area contributed by atoms with Gasteiger partial charge in [0.2, 0.25) is 5.82 Å². The van der Waals surface area contributed by atoms with Crippen molar-refractivity contribution >= 4 is 45.7 Å². The van der Waals surface area contributed by atoms with E-state index in [4.69, 9.17) is 27.7 Å². The molecule has 29 heavy (non-hydrogen) atoms. The first kappa shape index (κ1) is 21.8. The van der Waals surface area contributed by atoms with Crippen LogP contribution in [-0.2, 0) is 24.0 Å². The SMILES string of the molecule is Cc1cccc(-c2nc(C[S+]([O-])c3nnc(-c4cccs4)n3C)no2)c1.ClCCl. The maximum absolute atomic E-state index is 12.7. The first-order chi connectivity index (χ1) is 14.0. The average Bonchev–Trinajstić information content (AvgIpc) is 3.43. The third-order valence-corrected chi connectivity index (χ3v) is 5.92. The Balaban J connectivity index is 0.000000755. The van der Waals surface area contributed by atoms with Gasteiger partial charge < -0.3 is 9.08 Å². The third kappa shape index (κ3) is 5.37. The van der Waals surface area contributed by atoms with Crippen LogP contribution in [0.15, 0.2) is 51.5 Å². The van der Waals surface area contributed by atoms with Gasteiger partial charge in [0, 0.05) is 23.8 Å².